The largest absolute Gasteiger partial charge is 0.387 e. The predicted octanol–water partition coefficient (Wildman–Crippen LogP) is 7.95. The van der Waals surface area contributed by atoms with E-state index in [0.29, 0.717) is 13.2 Å². The van der Waals surface area contributed by atoms with Crippen LogP contribution in [-0.2, 0) is 82.3 Å². The van der Waals surface area contributed by atoms with E-state index in [-0.39, 0.29) is 39.6 Å². The van der Waals surface area contributed by atoms with Gasteiger partial charge in [-0.25, -0.2) is 0 Å². The molecule has 65 heavy (non-hydrogen) atoms. The Balaban J connectivity index is 1.12. The van der Waals surface area contributed by atoms with Crippen LogP contribution in [-0.4, -0.2) is 84.8 Å². The van der Waals surface area contributed by atoms with E-state index in [4.69, 9.17) is 42.6 Å². The molecule has 11 heteroatoms. The summed E-state index contributed by atoms with van der Waals surface area (Å²) in [5.41, 5.74) is 5.59. The summed E-state index contributed by atoms with van der Waals surface area (Å²) in [6.07, 6.45) is -10.4. The van der Waals surface area contributed by atoms with Crippen molar-refractivity contribution in [3.8, 4) is 0 Å². The van der Waals surface area contributed by atoms with Gasteiger partial charge in [0.1, 0.15) is 48.8 Å². The van der Waals surface area contributed by atoms with Crippen molar-refractivity contribution in [1.82, 2.24) is 0 Å². The zero-order chi connectivity index (χ0) is 44.5. The average molecular weight is 883 g/mol. The van der Waals surface area contributed by atoms with Gasteiger partial charge in [0.05, 0.1) is 52.9 Å². The molecule has 0 radical (unpaired) electrons. The first-order chi connectivity index (χ1) is 32.1. The number of hydrogen-bond acceptors (Lipinski definition) is 11. The molecular formula is C54H58O11. The number of rotatable bonds is 22. The topological polar surface area (TPSA) is 124 Å². The maximum absolute atomic E-state index is 12.2. The van der Waals surface area contributed by atoms with E-state index < -0.39 is 61.4 Å². The van der Waals surface area contributed by atoms with Crippen LogP contribution in [0.3, 0.4) is 0 Å². The zero-order valence-electron chi connectivity index (χ0n) is 36.3. The van der Waals surface area contributed by atoms with Crippen molar-refractivity contribution in [2.75, 3.05) is 13.2 Å². The minimum atomic E-state index is -1.20. The van der Waals surface area contributed by atoms with E-state index in [9.17, 15) is 10.2 Å². The molecule has 340 valence electrons. The molecule has 11 nitrogen and oxygen atoms in total. The van der Waals surface area contributed by atoms with Gasteiger partial charge >= 0.3 is 0 Å². The normalized spacial score (nSPS) is 25.6. The molecule has 0 aliphatic carbocycles. The third-order valence-electron chi connectivity index (χ3n) is 11.4. The number of hydrogen-bond donors (Lipinski definition) is 2. The highest BCUT2D eigenvalue weighted by Gasteiger charge is 2.53. The van der Waals surface area contributed by atoms with Crippen molar-refractivity contribution in [1.29, 1.82) is 0 Å². The summed E-state index contributed by atoms with van der Waals surface area (Å²) in [6, 6.07) is 58.6. The third-order valence-corrected chi connectivity index (χ3v) is 11.4. The quantitative estimate of drug-likeness (QED) is 0.0691. The van der Waals surface area contributed by atoms with Crippen molar-refractivity contribution in [2.45, 2.75) is 101 Å². The van der Waals surface area contributed by atoms with Gasteiger partial charge in [0.25, 0.3) is 0 Å². The molecule has 2 N–H and O–H groups in total. The van der Waals surface area contributed by atoms with Crippen molar-refractivity contribution in [3.63, 3.8) is 0 Å². The van der Waals surface area contributed by atoms with Crippen molar-refractivity contribution in [3.05, 3.63) is 215 Å². The highest BCUT2D eigenvalue weighted by molar-refractivity contribution is 5.18. The predicted molar refractivity (Wildman–Crippen MR) is 243 cm³/mol. The van der Waals surface area contributed by atoms with Crippen LogP contribution in [0.1, 0.15) is 33.4 Å². The lowest BCUT2D eigenvalue weighted by Gasteiger charge is -2.48. The maximum atomic E-state index is 12.2. The highest BCUT2D eigenvalue weighted by Crippen LogP contribution is 2.35. The minimum Gasteiger partial charge on any atom is -0.387 e. The van der Waals surface area contributed by atoms with Crippen LogP contribution in [0, 0.1) is 0 Å². The first-order valence-electron chi connectivity index (χ1n) is 22.3. The van der Waals surface area contributed by atoms with Crippen molar-refractivity contribution in [2.24, 2.45) is 0 Å². The van der Waals surface area contributed by atoms with Crippen LogP contribution in [0.15, 0.2) is 182 Å². The first kappa shape index (κ1) is 46.4. The summed E-state index contributed by atoms with van der Waals surface area (Å²) in [6.45, 7) is 1.33. The SMILES string of the molecule is O[C@@H]1C(COCc2ccccc2)O[C@H](O[C@H]2OC(COCc3ccccc3)[C@@H](O)C(OCc3ccccc3)C2OCc2ccccc2)C(OCc2ccccc2)C1OCc1ccccc1. The summed E-state index contributed by atoms with van der Waals surface area (Å²) in [4.78, 5) is 0. The molecule has 2 saturated heterocycles. The van der Waals surface area contributed by atoms with E-state index in [1.54, 1.807) is 0 Å². The fraction of sp³-hybridized carbons (Fsp3) is 0.333. The molecule has 0 aromatic heterocycles. The Kier molecular flexibility index (Phi) is 17.4. The molecule has 8 rings (SSSR count). The Morgan fingerprint density at radius 1 is 0.323 bits per heavy atom. The van der Waals surface area contributed by atoms with Gasteiger partial charge in [-0.1, -0.05) is 182 Å². The van der Waals surface area contributed by atoms with Crippen LogP contribution in [0.4, 0.5) is 0 Å². The van der Waals surface area contributed by atoms with E-state index >= 15 is 0 Å². The van der Waals surface area contributed by atoms with Gasteiger partial charge in [0.15, 0.2) is 12.6 Å². The molecule has 0 bridgehead atoms. The lowest BCUT2D eigenvalue weighted by atomic mass is 9.97. The van der Waals surface area contributed by atoms with Crippen molar-refractivity contribution >= 4 is 0 Å². The molecular weight excluding hydrogens is 825 g/mol. The lowest BCUT2D eigenvalue weighted by molar-refractivity contribution is -0.390. The number of aliphatic hydroxyl groups excluding tert-OH is 2. The van der Waals surface area contributed by atoms with Gasteiger partial charge in [-0.05, 0) is 33.4 Å². The Morgan fingerprint density at radius 2 is 0.569 bits per heavy atom. The lowest BCUT2D eigenvalue weighted by Crippen LogP contribution is -2.65. The Labute approximate surface area is 381 Å². The zero-order valence-corrected chi connectivity index (χ0v) is 36.3. The molecule has 6 unspecified atom stereocenters. The summed E-state index contributed by atoms with van der Waals surface area (Å²) >= 11 is 0. The molecule has 10 atom stereocenters. The molecule has 2 heterocycles. The molecule has 2 aliphatic heterocycles. The van der Waals surface area contributed by atoms with E-state index in [1.807, 2.05) is 182 Å². The molecule has 6 aromatic rings. The van der Waals surface area contributed by atoms with Gasteiger partial charge in [-0.2, -0.15) is 0 Å². The molecule has 0 saturated carbocycles. The van der Waals surface area contributed by atoms with Crippen LogP contribution in [0.25, 0.3) is 0 Å². The summed E-state index contributed by atoms with van der Waals surface area (Å²) in [5, 5.41) is 24.3. The second-order valence-corrected chi connectivity index (χ2v) is 16.2. The van der Waals surface area contributed by atoms with Crippen molar-refractivity contribution < 1.29 is 52.8 Å². The highest BCUT2D eigenvalue weighted by atomic mass is 16.8. The third kappa shape index (κ3) is 13.5. The molecule has 2 fully saturated rings. The van der Waals surface area contributed by atoms with Gasteiger partial charge in [-0.15, -0.1) is 0 Å². The fourth-order valence-corrected chi connectivity index (χ4v) is 7.94. The molecule has 2 aliphatic rings. The summed E-state index contributed by atoms with van der Waals surface area (Å²) < 4.78 is 59.5. The second kappa shape index (κ2) is 24.4. The summed E-state index contributed by atoms with van der Waals surface area (Å²) in [5.74, 6) is 0. The smallest absolute Gasteiger partial charge is 0.190 e. The number of aliphatic hydroxyl groups is 2. The Bertz CT molecular complexity index is 2050. The molecule has 0 amide bonds. The van der Waals surface area contributed by atoms with Gasteiger partial charge in [0, 0.05) is 0 Å². The second-order valence-electron chi connectivity index (χ2n) is 16.2. The molecule has 6 aromatic carbocycles. The van der Waals surface area contributed by atoms with E-state index in [0.717, 1.165) is 33.4 Å². The Hall–Kier alpha value is -5.12. The molecule has 0 spiro atoms. The van der Waals surface area contributed by atoms with Gasteiger partial charge in [0.2, 0.25) is 0 Å². The van der Waals surface area contributed by atoms with E-state index in [2.05, 4.69) is 0 Å². The van der Waals surface area contributed by atoms with Crippen LogP contribution in [0.2, 0.25) is 0 Å². The fourth-order valence-electron chi connectivity index (χ4n) is 7.94. The number of ether oxygens (including phenoxy) is 9. The average Bonchev–Trinajstić information content (AvgIpc) is 3.36. The maximum Gasteiger partial charge on any atom is 0.190 e. The van der Waals surface area contributed by atoms with Crippen LogP contribution >= 0.6 is 0 Å². The van der Waals surface area contributed by atoms with Crippen LogP contribution in [0.5, 0.6) is 0 Å². The Morgan fingerprint density at radius 3 is 0.846 bits per heavy atom. The van der Waals surface area contributed by atoms with Gasteiger partial charge < -0.3 is 52.8 Å². The summed E-state index contributed by atoms with van der Waals surface area (Å²) in [7, 11) is 0. The monoisotopic (exact) mass is 882 g/mol. The standard InChI is InChI=1S/C54H58O11/c55-47-45(37-57-31-39-19-7-1-8-20-39)63-53(51(61-35-43-27-15-5-16-28-43)49(47)59-33-41-23-11-3-12-24-41)65-54-52(62-36-44-29-17-6-18-30-44)50(60-34-42-25-13-4-14-26-42)48(56)46(64-54)38-58-32-40-21-9-2-10-22-40/h1-30,45-56H,31-38H2/t45?,46?,47-,48-,49?,50?,51?,52?,53-,54-/m1/s1. The minimum absolute atomic E-state index is 0.0173. The van der Waals surface area contributed by atoms with Crippen LogP contribution < -0.4 is 0 Å². The van der Waals surface area contributed by atoms with Gasteiger partial charge in [-0.3, -0.25) is 0 Å². The number of benzene rings is 6. The first-order valence-corrected chi connectivity index (χ1v) is 22.3. The van der Waals surface area contributed by atoms with E-state index in [1.165, 1.54) is 0 Å².